The summed E-state index contributed by atoms with van der Waals surface area (Å²) in [5, 5.41) is 0. The fraction of sp³-hybridized carbons (Fsp3) is 0.556. The maximum absolute atomic E-state index is 12.6. The number of nitrogens with two attached hydrogens (primary N) is 1. The van der Waals surface area contributed by atoms with E-state index in [1.54, 1.807) is 0 Å². The van der Waals surface area contributed by atoms with E-state index in [9.17, 15) is 9.59 Å². The van der Waals surface area contributed by atoms with Gasteiger partial charge in [0.25, 0.3) is 0 Å². The molecule has 0 aliphatic carbocycles. The van der Waals surface area contributed by atoms with Gasteiger partial charge in [0.2, 0.25) is 11.8 Å². The van der Waals surface area contributed by atoms with Gasteiger partial charge in [-0.05, 0) is 31.5 Å². The molecule has 2 amide bonds. The molecule has 2 fully saturated rings. The first kappa shape index (κ1) is 16.8. The largest absolute Gasteiger partial charge is 0.368 e. The molecule has 0 radical (unpaired) electrons. The van der Waals surface area contributed by atoms with Gasteiger partial charge in [-0.15, -0.1) is 0 Å². The van der Waals surface area contributed by atoms with E-state index in [1.165, 1.54) is 5.69 Å². The summed E-state index contributed by atoms with van der Waals surface area (Å²) >= 11 is 0. The zero-order chi connectivity index (χ0) is 16.9. The average Bonchev–Trinajstić information content (AvgIpc) is 2.63. The second-order valence-corrected chi connectivity index (χ2v) is 6.59. The maximum atomic E-state index is 12.6. The number of carbonyl (C=O) groups excluding carboxylic acids is 2. The molecule has 2 aliphatic rings. The van der Waals surface area contributed by atoms with Crippen molar-refractivity contribution in [3.05, 3.63) is 30.3 Å². The molecule has 0 unspecified atom stereocenters. The lowest BCUT2D eigenvalue weighted by molar-refractivity contribution is -0.135. The number of piperidine rings is 1. The summed E-state index contributed by atoms with van der Waals surface area (Å²) in [6, 6.07) is 10.00. The fourth-order valence-electron chi connectivity index (χ4n) is 3.63. The van der Waals surface area contributed by atoms with Crippen LogP contribution in [0.25, 0.3) is 0 Å². The summed E-state index contributed by atoms with van der Waals surface area (Å²) < 4.78 is 0. The average molecular weight is 330 g/mol. The van der Waals surface area contributed by atoms with Crippen molar-refractivity contribution in [1.29, 1.82) is 0 Å². The number of hydrogen-bond donors (Lipinski definition) is 1. The summed E-state index contributed by atoms with van der Waals surface area (Å²) in [4.78, 5) is 30.3. The first-order valence-corrected chi connectivity index (χ1v) is 8.76. The van der Waals surface area contributed by atoms with Gasteiger partial charge in [0.05, 0.1) is 12.6 Å². The molecule has 1 aromatic carbocycles. The van der Waals surface area contributed by atoms with Crippen LogP contribution in [0.4, 0.5) is 5.69 Å². The molecule has 2 N–H and O–H groups in total. The summed E-state index contributed by atoms with van der Waals surface area (Å²) in [7, 11) is 0. The number of anilines is 1. The second kappa shape index (κ2) is 7.66. The summed E-state index contributed by atoms with van der Waals surface area (Å²) in [6.45, 7) is 4.22. The number of hydrogen-bond acceptors (Lipinski definition) is 4. The van der Waals surface area contributed by atoms with Crippen LogP contribution >= 0.6 is 0 Å². The highest BCUT2D eigenvalue weighted by Crippen LogP contribution is 2.18. The quantitative estimate of drug-likeness (QED) is 0.881. The standard InChI is InChI=1S/C18H26N4O2/c19-18(24)16-8-4-5-9-22(16)14-17(23)21-12-10-20(11-13-21)15-6-2-1-3-7-15/h1-3,6-7,16H,4-5,8-14H2,(H2,19,24)/t16-/m1/s1. The number of rotatable bonds is 4. The molecule has 2 heterocycles. The predicted octanol–water partition coefficient (Wildman–Crippen LogP) is 0.675. The lowest BCUT2D eigenvalue weighted by Gasteiger charge is -2.38. The van der Waals surface area contributed by atoms with Crippen LogP contribution < -0.4 is 10.6 Å². The molecule has 2 aliphatic heterocycles. The van der Waals surface area contributed by atoms with Crippen molar-refractivity contribution in [2.75, 3.05) is 44.2 Å². The van der Waals surface area contributed by atoms with Gasteiger partial charge in [-0.25, -0.2) is 0 Å². The monoisotopic (exact) mass is 330 g/mol. The Morgan fingerprint density at radius 3 is 2.38 bits per heavy atom. The van der Waals surface area contributed by atoms with Gasteiger partial charge < -0.3 is 15.5 Å². The van der Waals surface area contributed by atoms with Crippen molar-refractivity contribution >= 4 is 17.5 Å². The first-order chi connectivity index (χ1) is 11.6. The highest BCUT2D eigenvalue weighted by atomic mass is 16.2. The Hall–Kier alpha value is -2.08. The van der Waals surface area contributed by atoms with Crippen LogP contribution in [0.15, 0.2) is 30.3 Å². The highest BCUT2D eigenvalue weighted by Gasteiger charge is 2.30. The van der Waals surface area contributed by atoms with Crippen LogP contribution in [0, 0.1) is 0 Å². The summed E-state index contributed by atoms with van der Waals surface area (Å²) in [5.41, 5.74) is 6.69. The van der Waals surface area contributed by atoms with E-state index in [4.69, 9.17) is 5.73 Å². The molecule has 3 rings (SSSR count). The lowest BCUT2D eigenvalue weighted by Crippen LogP contribution is -2.55. The van der Waals surface area contributed by atoms with Crippen molar-refractivity contribution in [2.24, 2.45) is 5.73 Å². The number of amides is 2. The molecular formula is C18H26N4O2. The van der Waals surface area contributed by atoms with Crippen molar-refractivity contribution in [2.45, 2.75) is 25.3 Å². The molecule has 24 heavy (non-hydrogen) atoms. The van der Waals surface area contributed by atoms with Crippen molar-refractivity contribution < 1.29 is 9.59 Å². The Morgan fingerprint density at radius 1 is 1.00 bits per heavy atom. The Balaban J connectivity index is 1.52. The van der Waals surface area contributed by atoms with Crippen molar-refractivity contribution in [1.82, 2.24) is 9.80 Å². The van der Waals surface area contributed by atoms with Gasteiger partial charge >= 0.3 is 0 Å². The van der Waals surface area contributed by atoms with Gasteiger partial charge in [0.15, 0.2) is 0 Å². The Kier molecular flexibility index (Phi) is 5.35. The number of primary amides is 1. The van der Waals surface area contributed by atoms with Gasteiger partial charge in [-0.1, -0.05) is 24.6 Å². The molecule has 6 heteroatoms. The maximum Gasteiger partial charge on any atom is 0.236 e. The minimum absolute atomic E-state index is 0.107. The van der Waals surface area contributed by atoms with E-state index in [2.05, 4.69) is 17.0 Å². The molecule has 0 spiro atoms. The molecule has 130 valence electrons. The first-order valence-electron chi connectivity index (χ1n) is 8.76. The number of para-hydroxylation sites is 1. The molecule has 0 aromatic heterocycles. The third kappa shape index (κ3) is 3.87. The van der Waals surface area contributed by atoms with E-state index in [1.807, 2.05) is 28.0 Å². The predicted molar refractivity (Wildman–Crippen MR) is 93.6 cm³/mol. The molecule has 1 aromatic rings. The molecule has 6 nitrogen and oxygen atoms in total. The van der Waals surface area contributed by atoms with Gasteiger partial charge in [-0.3, -0.25) is 14.5 Å². The zero-order valence-electron chi connectivity index (χ0n) is 14.1. The van der Waals surface area contributed by atoms with E-state index >= 15 is 0 Å². The van der Waals surface area contributed by atoms with Gasteiger partial charge in [0.1, 0.15) is 0 Å². The van der Waals surface area contributed by atoms with Gasteiger partial charge in [0, 0.05) is 31.9 Å². The number of piperazine rings is 1. The number of carbonyl (C=O) groups is 2. The van der Waals surface area contributed by atoms with E-state index < -0.39 is 0 Å². The van der Waals surface area contributed by atoms with Crippen LogP contribution in [0.5, 0.6) is 0 Å². The fourth-order valence-corrected chi connectivity index (χ4v) is 3.63. The molecule has 0 saturated carbocycles. The second-order valence-electron chi connectivity index (χ2n) is 6.59. The minimum atomic E-state index is -0.309. The van der Waals surface area contributed by atoms with E-state index in [0.717, 1.165) is 52.0 Å². The topological polar surface area (TPSA) is 69.9 Å². The Bertz CT molecular complexity index is 570. The van der Waals surface area contributed by atoms with Crippen LogP contribution in [0.3, 0.4) is 0 Å². The third-order valence-electron chi connectivity index (χ3n) is 5.03. The Morgan fingerprint density at radius 2 is 1.71 bits per heavy atom. The smallest absolute Gasteiger partial charge is 0.236 e. The highest BCUT2D eigenvalue weighted by molar-refractivity contribution is 5.82. The van der Waals surface area contributed by atoms with Crippen LogP contribution in [-0.4, -0.2) is 66.9 Å². The van der Waals surface area contributed by atoms with Crippen LogP contribution in [0.1, 0.15) is 19.3 Å². The van der Waals surface area contributed by atoms with E-state index in [0.29, 0.717) is 6.54 Å². The number of benzene rings is 1. The van der Waals surface area contributed by atoms with Crippen molar-refractivity contribution in [3.8, 4) is 0 Å². The normalized spacial score (nSPS) is 22.4. The number of likely N-dealkylation sites (tertiary alicyclic amines) is 1. The van der Waals surface area contributed by atoms with Crippen LogP contribution in [0.2, 0.25) is 0 Å². The van der Waals surface area contributed by atoms with Crippen LogP contribution in [-0.2, 0) is 9.59 Å². The minimum Gasteiger partial charge on any atom is -0.368 e. The summed E-state index contributed by atoms with van der Waals surface area (Å²) in [6.07, 6.45) is 2.80. The van der Waals surface area contributed by atoms with E-state index in [-0.39, 0.29) is 17.9 Å². The molecular weight excluding hydrogens is 304 g/mol. The molecule has 1 atom stereocenters. The van der Waals surface area contributed by atoms with Crippen molar-refractivity contribution in [3.63, 3.8) is 0 Å². The van der Waals surface area contributed by atoms with Gasteiger partial charge in [-0.2, -0.15) is 0 Å². The lowest BCUT2D eigenvalue weighted by atomic mass is 10.0. The molecule has 2 saturated heterocycles. The Labute approximate surface area is 143 Å². The number of nitrogens with zero attached hydrogens (tertiary/aromatic N) is 3. The SMILES string of the molecule is NC(=O)[C@H]1CCCCN1CC(=O)N1CCN(c2ccccc2)CC1. The zero-order valence-corrected chi connectivity index (χ0v) is 14.1. The third-order valence-corrected chi connectivity index (χ3v) is 5.03. The summed E-state index contributed by atoms with van der Waals surface area (Å²) in [5.74, 6) is -0.202. The molecule has 0 bridgehead atoms.